The fraction of sp³-hybridized carbons (Fsp3) is 0.444. The molecular formula is C18H25N3O. The van der Waals surface area contributed by atoms with Gasteiger partial charge in [-0.05, 0) is 37.8 Å². The van der Waals surface area contributed by atoms with Crippen LogP contribution < -0.4 is 0 Å². The Labute approximate surface area is 132 Å². The molecule has 0 aliphatic heterocycles. The number of aromatic amines is 1. The molecule has 1 unspecified atom stereocenters. The van der Waals surface area contributed by atoms with Gasteiger partial charge < -0.3 is 4.90 Å². The summed E-state index contributed by atoms with van der Waals surface area (Å²) < 4.78 is 0. The van der Waals surface area contributed by atoms with Crippen LogP contribution in [0.2, 0.25) is 0 Å². The van der Waals surface area contributed by atoms with Crippen LogP contribution >= 0.6 is 0 Å². The average Bonchev–Trinajstić information content (AvgIpc) is 2.84. The fourth-order valence-corrected chi connectivity index (χ4v) is 2.70. The van der Waals surface area contributed by atoms with Crippen molar-refractivity contribution >= 4 is 5.91 Å². The van der Waals surface area contributed by atoms with Gasteiger partial charge in [0, 0.05) is 25.2 Å². The third-order valence-electron chi connectivity index (χ3n) is 4.17. The number of nitrogens with zero attached hydrogens (tertiary/aromatic N) is 2. The lowest BCUT2D eigenvalue weighted by atomic mass is 9.98. The van der Waals surface area contributed by atoms with E-state index in [1.165, 1.54) is 5.56 Å². The zero-order chi connectivity index (χ0) is 16.1. The van der Waals surface area contributed by atoms with Crippen LogP contribution in [0.25, 0.3) is 0 Å². The van der Waals surface area contributed by atoms with Crippen molar-refractivity contribution in [1.82, 2.24) is 15.1 Å². The van der Waals surface area contributed by atoms with E-state index in [4.69, 9.17) is 0 Å². The van der Waals surface area contributed by atoms with Crippen molar-refractivity contribution in [2.75, 3.05) is 13.6 Å². The molecule has 1 atom stereocenters. The van der Waals surface area contributed by atoms with E-state index in [2.05, 4.69) is 22.3 Å². The molecule has 22 heavy (non-hydrogen) atoms. The van der Waals surface area contributed by atoms with Gasteiger partial charge in [-0.15, -0.1) is 0 Å². The number of carbonyl (C=O) groups is 1. The minimum absolute atomic E-state index is 0.0317. The van der Waals surface area contributed by atoms with Gasteiger partial charge in [0.2, 0.25) is 5.91 Å². The summed E-state index contributed by atoms with van der Waals surface area (Å²) >= 11 is 0. The zero-order valence-electron chi connectivity index (χ0n) is 13.9. The molecule has 0 saturated carbocycles. The summed E-state index contributed by atoms with van der Waals surface area (Å²) in [7, 11) is 1.89. The molecule has 0 fully saturated rings. The number of nitrogens with one attached hydrogen (secondary N) is 1. The topological polar surface area (TPSA) is 49.0 Å². The van der Waals surface area contributed by atoms with E-state index in [0.29, 0.717) is 0 Å². The fourth-order valence-electron chi connectivity index (χ4n) is 2.70. The van der Waals surface area contributed by atoms with Crippen LogP contribution in [0.15, 0.2) is 30.3 Å². The Morgan fingerprint density at radius 2 is 1.95 bits per heavy atom. The van der Waals surface area contributed by atoms with Crippen molar-refractivity contribution in [3.8, 4) is 0 Å². The Hall–Kier alpha value is -2.10. The highest BCUT2D eigenvalue weighted by molar-refractivity contribution is 5.78. The third kappa shape index (κ3) is 3.97. The molecule has 0 radical (unpaired) electrons. The van der Waals surface area contributed by atoms with Crippen LogP contribution in [0, 0.1) is 19.8 Å². The number of carbonyl (C=O) groups excluding carboxylic acids is 1. The highest BCUT2D eigenvalue weighted by atomic mass is 16.2. The van der Waals surface area contributed by atoms with Gasteiger partial charge in [-0.25, -0.2) is 0 Å². The van der Waals surface area contributed by atoms with Gasteiger partial charge >= 0.3 is 0 Å². The van der Waals surface area contributed by atoms with Crippen molar-refractivity contribution in [2.24, 2.45) is 5.92 Å². The number of likely N-dealkylation sites (N-methyl/N-ethyl adjacent to an activating group) is 1. The average molecular weight is 299 g/mol. The highest BCUT2D eigenvalue weighted by Crippen LogP contribution is 2.16. The number of amides is 1. The van der Waals surface area contributed by atoms with Gasteiger partial charge in [0.1, 0.15) is 0 Å². The van der Waals surface area contributed by atoms with Crippen LogP contribution in [0.1, 0.15) is 29.4 Å². The lowest BCUT2D eigenvalue weighted by Crippen LogP contribution is -2.34. The van der Waals surface area contributed by atoms with E-state index in [1.54, 1.807) is 0 Å². The highest BCUT2D eigenvalue weighted by Gasteiger charge is 2.20. The van der Waals surface area contributed by atoms with Gasteiger partial charge in [0.15, 0.2) is 0 Å². The van der Waals surface area contributed by atoms with Gasteiger partial charge in [0.05, 0.1) is 5.69 Å². The summed E-state index contributed by atoms with van der Waals surface area (Å²) in [5, 5.41) is 7.18. The van der Waals surface area contributed by atoms with E-state index in [0.717, 1.165) is 36.3 Å². The van der Waals surface area contributed by atoms with Crippen LogP contribution in [0.4, 0.5) is 0 Å². The number of aromatic nitrogens is 2. The first-order valence-electron chi connectivity index (χ1n) is 7.78. The second-order valence-corrected chi connectivity index (χ2v) is 6.01. The van der Waals surface area contributed by atoms with E-state index in [-0.39, 0.29) is 11.8 Å². The van der Waals surface area contributed by atoms with Crippen molar-refractivity contribution in [3.63, 3.8) is 0 Å². The smallest absolute Gasteiger partial charge is 0.225 e. The first-order chi connectivity index (χ1) is 10.5. The molecule has 0 aliphatic rings. The standard InChI is InChI=1S/C18H25N3O/c1-13(12-17-14(2)19-20-15(17)3)18(22)21(4)11-10-16-8-6-5-7-9-16/h5-9,13H,10-12H2,1-4H3,(H,19,20). The van der Waals surface area contributed by atoms with Crippen LogP contribution in [-0.4, -0.2) is 34.6 Å². The van der Waals surface area contributed by atoms with Gasteiger partial charge in [-0.2, -0.15) is 5.10 Å². The summed E-state index contributed by atoms with van der Waals surface area (Å²) in [6.07, 6.45) is 1.63. The second-order valence-electron chi connectivity index (χ2n) is 6.01. The van der Waals surface area contributed by atoms with Crippen LogP contribution in [0.3, 0.4) is 0 Å². The Morgan fingerprint density at radius 1 is 1.27 bits per heavy atom. The number of H-pyrrole nitrogens is 1. The maximum atomic E-state index is 12.5. The van der Waals surface area contributed by atoms with Crippen LogP contribution in [-0.2, 0) is 17.6 Å². The number of benzene rings is 1. The molecule has 0 bridgehead atoms. The summed E-state index contributed by atoms with van der Waals surface area (Å²) in [6.45, 7) is 6.73. The SMILES string of the molecule is Cc1n[nH]c(C)c1CC(C)C(=O)N(C)CCc1ccccc1. The molecule has 0 aliphatic carbocycles. The molecule has 2 aromatic rings. The molecule has 1 heterocycles. The van der Waals surface area contributed by atoms with E-state index in [1.807, 2.05) is 50.9 Å². The summed E-state index contributed by atoms with van der Waals surface area (Å²) in [5.41, 5.74) is 4.47. The Morgan fingerprint density at radius 3 is 2.55 bits per heavy atom. The Balaban J connectivity index is 1.89. The molecule has 0 spiro atoms. The molecule has 118 valence electrons. The lowest BCUT2D eigenvalue weighted by molar-refractivity contribution is -0.133. The minimum Gasteiger partial charge on any atom is -0.345 e. The number of hydrogen-bond acceptors (Lipinski definition) is 2. The van der Waals surface area contributed by atoms with Gasteiger partial charge in [0.25, 0.3) is 0 Å². The van der Waals surface area contributed by atoms with E-state index in [9.17, 15) is 4.79 Å². The first kappa shape index (κ1) is 16.3. The second kappa shape index (κ2) is 7.25. The normalized spacial score (nSPS) is 12.2. The number of rotatable bonds is 6. The van der Waals surface area contributed by atoms with Crippen LogP contribution in [0.5, 0.6) is 0 Å². The van der Waals surface area contributed by atoms with E-state index >= 15 is 0 Å². The molecule has 4 nitrogen and oxygen atoms in total. The van der Waals surface area contributed by atoms with Crippen molar-refractivity contribution < 1.29 is 4.79 Å². The van der Waals surface area contributed by atoms with Gasteiger partial charge in [-0.3, -0.25) is 9.89 Å². The monoisotopic (exact) mass is 299 g/mol. The maximum absolute atomic E-state index is 12.5. The Bertz CT molecular complexity index is 599. The summed E-state index contributed by atoms with van der Waals surface area (Å²) in [6, 6.07) is 10.3. The number of hydrogen-bond donors (Lipinski definition) is 1. The molecular weight excluding hydrogens is 274 g/mol. The van der Waals surface area contributed by atoms with Crippen molar-refractivity contribution in [1.29, 1.82) is 0 Å². The largest absolute Gasteiger partial charge is 0.345 e. The van der Waals surface area contributed by atoms with E-state index < -0.39 is 0 Å². The lowest BCUT2D eigenvalue weighted by Gasteiger charge is -2.21. The molecule has 2 rings (SSSR count). The predicted molar refractivity (Wildman–Crippen MR) is 88.7 cm³/mol. The summed E-state index contributed by atoms with van der Waals surface area (Å²) in [5.74, 6) is 0.159. The third-order valence-corrected chi connectivity index (χ3v) is 4.17. The van der Waals surface area contributed by atoms with Crippen molar-refractivity contribution in [3.05, 3.63) is 52.8 Å². The Kier molecular flexibility index (Phi) is 5.36. The molecule has 1 amide bonds. The molecule has 4 heteroatoms. The molecule has 0 saturated heterocycles. The first-order valence-corrected chi connectivity index (χ1v) is 7.78. The minimum atomic E-state index is -0.0317. The molecule has 1 aromatic heterocycles. The summed E-state index contributed by atoms with van der Waals surface area (Å²) in [4.78, 5) is 14.3. The quantitative estimate of drug-likeness (QED) is 0.891. The maximum Gasteiger partial charge on any atom is 0.225 e. The predicted octanol–water partition coefficient (Wildman–Crippen LogP) is 2.91. The number of aryl methyl sites for hydroxylation is 2. The van der Waals surface area contributed by atoms with Crippen molar-refractivity contribution in [2.45, 2.75) is 33.6 Å². The zero-order valence-corrected chi connectivity index (χ0v) is 13.9. The molecule has 1 N–H and O–H groups in total. The van der Waals surface area contributed by atoms with Gasteiger partial charge in [-0.1, -0.05) is 37.3 Å². The molecule has 1 aromatic carbocycles.